The predicted molar refractivity (Wildman–Crippen MR) is 119 cm³/mol. The third-order valence-electron chi connectivity index (χ3n) is 4.64. The molecule has 0 aromatic heterocycles. The van der Waals surface area contributed by atoms with Gasteiger partial charge in [-0.25, -0.2) is 0 Å². The zero-order valence-electron chi connectivity index (χ0n) is 18.6. The summed E-state index contributed by atoms with van der Waals surface area (Å²) in [6.07, 6.45) is 1.44. The van der Waals surface area contributed by atoms with E-state index >= 15 is 0 Å². The van der Waals surface area contributed by atoms with Crippen LogP contribution in [0.25, 0.3) is 0 Å². The van der Waals surface area contributed by atoms with Crippen LogP contribution in [0.1, 0.15) is 59.1 Å². The van der Waals surface area contributed by atoms with Crippen LogP contribution in [0.15, 0.2) is 48.5 Å². The van der Waals surface area contributed by atoms with Gasteiger partial charge < -0.3 is 14.8 Å². The topological polar surface area (TPSA) is 47.6 Å². The number of amides is 1. The van der Waals surface area contributed by atoms with Crippen molar-refractivity contribution in [3.05, 3.63) is 59.7 Å². The number of hydrogen-bond acceptors (Lipinski definition) is 3. The Balaban J connectivity index is 1.72. The smallest absolute Gasteiger partial charge is 0.260 e. The lowest BCUT2D eigenvalue weighted by atomic mass is 9.87. The maximum absolute atomic E-state index is 12.3. The molecule has 2 rings (SSSR count). The largest absolute Gasteiger partial charge is 0.491 e. The summed E-state index contributed by atoms with van der Waals surface area (Å²) in [6.45, 7) is 13.0. The molecule has 0 aliphatic heterocycles. The van der Waals surface area contributed by atoms with Gasteiger partial charge in [-0.2, -0.15) is 0 Å². The lowest BCUT2D eigenvalue weighted by molar-refractivity contribution is -0.127. The van der Waals surface area contributed by atoms with Gasteiger partial charge in [0.05, 0.1) is 6.10 Å². The summed E-state index contributed by atoms with van der Waals surface area (Å²) in [4.78, 5) is 12.3. The van der Waals surface area contributed by atoms with Gasteiger partial charge in [0.1, 0.15) is 11.5 Å². The van der Waals surface area contributed by atoms with Crippen molar-refractivity contribution in [3.63, 3.8) is 0 Å². The first-order valence-corrected chi connectivity index (χ1v) is 10.5. The van der Waals surface area contributed by atoms with Crippen molar-refractivity contribution in [1.82, 2.24) is 5.32 Å². The Morgan fingerprint density at radius 1 is 0.897 bits per heavy atom. The van der Waals surface area contributed by atoms with E-state index in [9.17, 15) is 4.79 Å². The van der Waals surface area contributed by atoms with Gasteiger partial charge in [-0.15, -0.1) is 0 Å². The molecule has 0 aliphatic rings. The van der Waals surface area contributed by atoms with Crippen LogP contribution in [0.4, 0.5) is 0 Å². The lowest BCUT2D eigenvalue weighted by Crippen LogP contribution is -2.36. The summed E-state index contributed by atoms with van der Waals surface area (Å²) in [7, 11) is 0. The fourth-order valence-corrected chi connectivity index (χ4v) is 2.95. The van der Waals surface area contributed by atoms with Crippen molar-refractivity contribution in [2.45, 2.75) is 72.0 Å². The quantitative estimate of drug-likeness (QED) is 0.585. The van der Waals surface area contributed by atoms with Crippen LogP contribution in [-0.4, -0.2) is 24.7 Å². The minimum absolute atomic E-state index is 0.0921. The van der Waals surface area contributed by atoms with Gasteiger partial charge in [0.15, 0.2) is 6.10 Å². The molecule has 0 spiro atoms. The van der Waals surface area contributed by atoms with Crippen molar-refractivity contribution >= 4 is 5.91 Å². The highest BCUT2D eigenvalue weighted by atomic mass is 16.5. The van der Waals surface area contributed by atoms with Crippen molar-refractivity contribution < 1.29 is 14.3 Å². The highest BCUT2D eigenvalue weighted by Gasteiger charge is 2.16. The van der Waals surface area contributed by atoms with Gasteiger partial charge >= 0.3 is 0 Å². The molecule has 0 unspecified atom stereocenters. The van der Waals surface area contributed by atoms with Crippen molar-refractivity contribution in [1.29, 1.82) is 0 Å². The van der Waals surface area contributed by atoms with E-state index in [1.165, 1.54) is 11.1 Å². The highest BCUT2D eigenvalue weighted by molar-refractivity contribution is 5.80. The van der Waals surface area contributed by atoms with Crippen molar-refractivity contribution in [2.24, 2.45) is 0 Å². The summed E-state index contributed by atoms with van der Waals surface area (Å²) in [5.74, 6) is 1.51. The Kier molecular flexibility index (Phi) is 8.12. The second-order valence-electron chi connectivity index (χ2n) is 8.74. The maximum Gasteiger partial charge on any atom is 0.260 e. The van der Waals surface area contributed by atoms with E-state index in [1.54, 1.807) is 6.92 Å². The third-order valence-corrected chi connectivity index (χ3v) is 4.64. The molecule has 0 bridgehead atoms. The third kappa shape index (κ3) is 7.80. The standard InChI is InChI=1S/C25H35NO3/c1-18(2)28-22-13-9-20(10-14-22)8-7-17-26-24(27)19(3)29-23-15-11-21(12-16-23)25(4,5)6/h9-16,18-19H,7-8,17H2,1-6H3,(H,26,27)/t19-/m1/s1. The van der Waals surface area contributed by atoms with Crippen LogP contribution in [0, 0.1) is 0 Å². The number of carbonyl (C=O) groups excluding carboxylic acids is 1. The molecule has 29 heavy (non-hydrogen) atoms. The van der Waals surface area contributed by atoms with E-state index in [-0.39, 0.29) is 17.4 Å². The van der Waals surface area contributed by atoms with Crippen LogP contribution >= 0.6 is 0 Å². The Morgan fingerprint density at radius 3 is 2.00 bits per heavy atom. The number of nitrogens with one attached hydrogen (secondary N) is 1. The van der Waals surface area contributed by atoms with Gasteiger partial charge in [-0.3, -0.25) is 4.79 Å². The summed E-state index contributed by atoms with van der Waals surface area (Å²) >= 11 is 0. The van der Waals surface area contributed by atoms with E-state index < -0.39 is 6.10 Å². The highest BCUT2D eigenvalue weighted by Crippen LogP contribution is 2.24. The SMILES string of the molecule is CC(C)Oc1ccc(CCCNC(=O)[C@@H](C)Oc2ccc(C(C)(C)C)cc2)cc1. The molecule has 1 atom stereocenters. The first kappa shape index (κ1) is 22.8. The van der Waals surface area contributed by atoms with Crippen LogP contribution in [0.3, 0.4) is 0 Å². The molecular weight excluding hydrogens is 362 g/mol. The molecule has 1 N–H and O–H groups in total. The zero-order valence-corrected chi connectivity index (χ0v) is 18.6. The van der Waals surface area contributed by atoms with Crippen LogP contribution in [-0.2, 0) is 16.6 Å². The minimum atomic E-state index is -0.525. The van der Waals surface area contributed by atoms with E-state index in [0.29, 0.717) is 12.3 Å². The number of hydrogen-bond donors (Lipinski definition) is 1. The van der Waals surface area contributed by atoms with Gasteiger partial charge in [0, 0.05) is 6.54 Å². The molecule has 158 valence electrons. The molecule has 0 saturated heterocycles. The number of benzene rings is 2. The second kappa shape index (κ2) is 10.3. The van der Waals surface area contributed by atoms with Gasteiger partial charge in [-0.1, -0.05) is 45.0 Å². The Hall–Kier alpha value is -2.49. The molecule has 2 aromatic carbocycles. The van der Waals surface area contributed by atoms with Crippen LogP contribution < -0.4 is 14.8 Å². The van der Waals surface area contributed by atoms with Crippen molar-refractivity contribution in [3.8, 4) is 11.5 Å². The van der Waals surface area contributed by atoms with Gasteiger partial charge in [0.25, 0.3) is 5.91 Å². The number of carbonyl (C=O) groups is 1. The number of aryl methyl sites for hydroxylation is 1. The molecule has 1 amide bonds. The van der Waals surface area contributed by atoms with E-state index in [4.69, 9.17) is 9.47 Å². The molecule has 0 fully saturated rings. The fourth-order valence-electron chi connectivity index (χ4n) is 2.95. The molecule has 0 heterocycles. The first-order chi connectivity index (χ1) is 13.6. The summed E-state index contributed by atoms with van der Waals surface area (Å²) < 4.78 is 11.4. The predicted octanol–water partition coefficient (Wildman–Crippen LogP) is 5.29. The van der Waals surface area contributed by atoms with E-state index in [1.807, 2.05) is 38.1 Å². The summed E-state index contributed by atoms with van der Waals surface area (Å²) in [6, 6.07) is 16.1. The lowest BCUT2D eigenvalue weighted by Gasteiger charge is -2.20. The number of rotatable bonds is 9. The van der Waals surface area contributed by atoms with E-state index in [2.05, 4.69) is 50.4 Å². The van der Waals surface area contributed by atoms with Gasteiger partial charge in [0.2, 0.25) is 0 Å². The van der Waals surface area contributed by atoms with Crippen LogP contribution in [0.5, 0.6) is 11.5 Å². The van der Waals surface area contributed by atoms with E-state index in [0.717, 1.165) is 18.6 Å². The number of ether oxygens (including phenoxy) is 2. The molecule has 0 saturated carbocycles. The molecule has 4 heteroatoms. The average Bonchev–Trinajstić information content (AvgIpc) is 2.65. The molecule has 4 nitrogen and oxygen atoms in total. The molecule has 0 aliphatic carbocycles. The van der Waals surface area contributed by atoms with Crippen LogP contribution in [0.2, 0.25) is 0 Å². The summed E-state index contributed by atoms with van der Waals surface area (Å²) in [5, 5.41) is 2.96. The molecule has 2 aromatic rings. The maximum atomic E-state index is 12.3. The molecule has 0 radical (unpaired) electrons. The fraction of sp³-hybridized carbons (Fsp3) is 0.480. The minimum Gasteiger partial charge on any atom is -0.491 e. The Bertz CT molecular complexity index is 758. The Labute approximate surface area is 175 Å². The second-order valence-corrected chi connectivity index (χ2v) is 8.74. The Morgan fingerprint density at radius 2 is 1.45 bits per heavy atom. The average molecular weight is 398 g/mol. The monoisotopic (exact) mass is 397 g/mol. The van der Waals surface area contributed by atoms with Gasteiger partial charge in [-0.05, 0) is 74.4 Å². The zero-order chi connectivity index (χ0) is 21.4. The summed E-state index contributed by atoms with van der Waals surface area (Å²) in [5.41, 5.74) is 2.58. The normalized spacial score (nSPS) is 12.5. The van der Waals surface area contributed by atoms with Crippen molar-refractivity contribution in [2.75, 3.05) is 6.54 Å². The first-order valence-electron chi connectivity index (χ1n) is 10.5. The molecular formula is C25H35NO3.